The fourth-order valence-electron chi connectivity index (χ4n) is 2.96. The molecule has 4 aromatic rings. The molecule has 132 valence electrons. The van der Waals surface area contributed by atoms with Crippen molar-refractivity contribution >= 4 is 56.6 Å². The smallest absolute Gasteiger partial charge is 0.274 e. The second-order valence-corrected chi connectivity index (χ2v) is 7.93. The number of ether oxygens (including phenoxy) is 1. The van der Waals surface area contributed by atoms with E-state index in [0.29, 0.717) is 30.9 Å². The van der Waals surface area contributed by atoms with Crippen molar-refractivity contribution in [3.05, 3.63) is 65.9 Å². The van der Waals surface area contributed by atoms with E-state index in [1.165, 1.54) is 18.4 Å². The van der Waals surface area contributed by atoms with Crippen molar-refractivity contribution in [3.63, 3.8) is 0 Å². The number of methoxy groups -OCH3 is 1. The Morgan fingerprint density at radius 1 is 1.15 bits per heavy atom. The first-order valence-corrected chi connectivity index (χ1v) is 9.43. The molecule has 0 atom stereocenters. The van der Waals surface area contributed by atoms with Crippen LogP contribution < -0.4 is 14.8 Å². The van der Waals surface area contributed by atoms with Gasteiger partial charge in [0.25, 0.3) is 5.56 Å². The van der Waals surface area contributed by atoms with Gasteiger partial charge in [0.15, 0.2) is 4.96 Å². The van der Waals surface area contributed by atoms with E-state index < -0.39 is 0 Å². The maximum absolute atomic E-state index is 13.0. The number of benzene rings is 2. The summed E-state index contributed by atoms with van der Waals surface area (Å²) in [4.78, 5) is 18.2. The van der Waals surface area contributed by atoms with Gasteiger partial charge < -0.3 is 4.74 Å². The molecule has 0 aliphatic carbocycles. The molecule has 0 bridgehead atoms. The van der Waals surface area contributed by atoms with Crippen LogP contribution in [0.2, 0.25) is 10.0 Å². The van der Waals surface area contributed by atoms with Gasteiger partial charge >= 0.3 is 0 Å². The number of halogens is 2. The SMILES string of the molecule is COc1c(Cl)cc(Cl)cc1/C=c1/sc2nc3cc(C)c(C)cc3n2c1=O. The predicted octanol–water partition coefficient (Wildman–Crippen LogP) is 4.39. The van der Waals surface area contributed by atoms with Crippen molar-refractivity contribution in [2.24, 2.45) is 0 Å². The van der Waals surface area contributed by atoms with Crippen molar-refractivity contribution in [1.29, 1.82) is 0 Å². The average molecular weight is 405 g/mol. The van der Waals surface area contributed by atoms with Crippen LogP contribution in [0.5, 0.6) is 5.75 Å². The van der Waals surface area contributed by atoms with E-state index in [4.69, 9.17) is 27.9 Å². The number of aromatic nitrogens is 2. The lowest BCUT2D eigenvalue weighted by atomic mass is 10.1. The molecule has 0 amide bonds. The van der Waals surface area contributed by atoms with E-state index in [9.17, 15) is 4.79 Å². The minimum absolute atomic E-state index is 0.117. The predicted molar refractivity (Wildman–Crippen MR) is 108 cm³/mol. The van der Waals surface area contributed by atoms with Gasteiger partial charge in [-0.3, -0.25) is 4.79 Å². The maximum atomic E-state index is 13.0. The molecule has 0 unspecified atom stereocenters. The lowest BCUT2D eigenvalue weighted by Gasteiger charge is -2.07. The topological polar surface area (TPSA) is 43.6 Å². The van der Waals surface area contributed by atoms with E-state index in [-0.39, 0.29) is 5.56 Å². The summed E-state index contributed by atoms with van der Waals surface area (Å²) in [6.45, 7) is 4.06. The molecule has 0 saturated heterocycles. The van der Waals surface area contributed by atoms with Crippen LogP contribution in [0.25, 0.3) is 22.1 Å². The number of aryl methyl sites for hydroxylation is 2. The van der Waals surface area contributed by atoms with E-state index in [1.54, 1.807) is 22.6 Å². The molecule has 2 aromatic carbocycles. The molecule has 4 rings (SSSR count). The summed E-state index contributed by atoms with van der Waals surface area (Å²) in [7, 11) is 1.53. The monoisotopic (exact) mass is 404 g/mol. The Balaban J connectivity index is 2.02. The number of rotatable bonds is 2. The van der Waals surface area contributed by atoms with Gasteiger partial charge in [0.2, 0.25) is 0 Å². The number of hydrogen-bond acceptors (Lipinski definition) is 4. The molecule has 4 nitrogen and oxygen atoms in total. The highest BCUT2D eigenvalue weighted by atomic mass is 35.5. The largest absolute Gasteiger partial charge is 0.495 e. The van der Waals surface area contributed by atoms with Gasteiger partial charge in [0.1, 0.15) is 5.75 Å². The normalized spacial score (nSPS) is 12.4. The summed E-state index contributed by atoms with van der Waals surface area (Å²) < 4.78 is 7.55. The number of hydrogen-bond donors (Lipinski definition) is 0. The molecule has 0 N–H and O–H groups in total. The number of nitrogens with zero attached hydrogens (tertiary/aromatic N) is 2. The van der Waals surface area contributed by atoms with Crippen LogP contribution in [0.3, 0.4) is 0 Å². The van der Waals surface area contributed by atoms with E-state index in [1.807, 2.05) is 26.0 Å². The first-order chi connectivity index (χ1) is 12.4. The van der Waals surface area contributed by atoms with E-state index >= 15 is 0 Å². The Bertz CT molecular complexity index is 1290. The Kier molecular flexibility index (Phi) is 4.18. The Morgan fingerprint density at radius 2 is 1.88 bits per heavy atom. The maximum Gasteiger partial charge on any atom is 0.274 e. The minimum atomic E-state index is -0.117. The van der Waals surface area contributed by atoms with Gasteiger partial charge in [0, 0.05) is 10.6 Å². The van der Waals surface area contributed by atoms with Gasteiger partial charge in [-0.25, -0.2) is 9.38 Å². The molecular weight excluding hydrogens is 391 g/mol. The Hall–Kier alpha value is -2.08. The minimum Gasteiger partial charge on any atom is -0.495 e. The quantitative estimate of drug-likeness (QED) is 0.497. The average Bonchev–Trinajstić information content (AvgIpc) is 3.05. The summed E-state index contributed by atoms with van der Waals surface area (Å²) in [6, 6.07) is 7.34. The van der Waals surface area contributed by atoms with Crippen LogP contribution in [-0.2, 0) is 0 Å². The van der Waals surface area contributed by atoms with Crippen molar-refractivity contribution in [1.82, 2.24) is 9.38 Å². The third-order valence-electron chi connectivity index (χ3n) is 4.38. The highest BCUT2D eigenvalue weighted by Gasteiger charge is 2.14. The zero-order valence-corrected chi connectivity index (χ0v) is 16.6. The van der Waals surface area contributed by atoms with Crippen molar-refractivity contribution in [2.45, 2.75) is 13.8 Å². The van der Waals surface area contributed by atoms with Gasteiger partial charge in [-0.1, -0.05) is 34.5 Å². The molecule has 0 fully saturated rings. The second kappa shape index (κ2) is 6.27. The lowest BCUT2D eigenvalue weighted by Crippen LogP contribution is -2.22. The van der Waals surface area contributed by atoms with Crippen LogP contribution >= 0.6 is 34.5 Å². The van der Waals surface area contributed by atoms with Crippen LogP contribution in [0.4, 0.5) is 0 Å². The highest BCUT2D eigenvalue weighted by molar-refractivity contribution is 7.15. The molecule has 0 saturated carbocycles. The van der Waals surface area contributed by atoms with Crippen molar-refractivity contribution in [3.8, 4) is 5.75 Å². The summed E-state index contributed by atoms with van der Waals surface area (Å²) in [5.41, 5.74) is 4.46. The first-order valence-electron chi connectivity index (χ1n) is 7.86. The van der Waals surface area contributed by atoms with E-state index in [0.717, 1.165) is 22.2 Å². The molecule has 0 radical (unpaired) electrons. The van der Waals surface area contributed by atoms with E-state index in [2.05, 4.69) is 4.98 Å². The molecule has 2 heterocycles. The molecule has 26 heavy (non-hydrogen) atoms. The molecular formula is C19H14Cl2N2O2S. The second-order valence-electron chi connectivity index (χ2n) is 6.08. The fraction of sp³-hybridized carbons (Fsp3) is 0.158. The lowest BCUT2D eigenvalue weighted by molar-refractivity contribution is 0.414. The number of fused-ring (bicyclic) bond motifs is 3. The zero-order valence-electron chi connectivity index (χ0n) is 14.3. The third kappa shape index (κ3) is 2.67. The summed E-state index contributed by atoms with van der Waals surface area (Å²) in [5, 5.41) is 0.879. The van der Waals surface area contributed by atoms with Gasteiger partial charge in [-0.15, -0.1) is 0 Å². The van der Waals surface area contributed by atoms with Crippen LogP contribution in [-0.4, -0.2) is 16.5 Å². The van der Waals surface area contributed by atoms with Gasteiger partial charge in [-0.2, -0.15) is 0 Å². The van der Waals surface area contributed by atoms with Crippen LogP contribution in [0.1, 0.15) is 16.7 Å². The first kappa shape index (κ1) is 17.3. The fourth-order valence-corrected chi connectivity index (χ4v) is 4.53. The molecule has 0 aliphatic heterocycles. The molecule has 0 spiro atoms. The van der Waals surface area contributed by atoms with Gasteiger partial charge in [0.05, 0.1) is 27.7 Å². The third-order valence-corrected chi connectivity index (χ3v) is 5.85. The standard InChI is InChI=1S/C19H14Cl2N2O2S/c1-9-4-14-15(5-10(9)2)23-18(24)16(26-19(23)22-14)7-11-6-12(20)8-13(21)17(11)25-3/h4-8H,1-3H3/b16-7+. The number of imidazole rings is 1. The Labute approximate surface area is 163 Å². The van der Waals surface area contributed by atoms with Crippen LogP contribution in [0, 0.1) is 13.8 Å². The molecule has 7 heteroatoms. The van der Waals surface area contributed by atoms with Crippen molar-refractivity contribution in [2.75, 3.05) is 7.11 Å². The summed E-state index contributed by atoms with van der Waals surface area (Å²) in [5.74, 6) is 0.484. The Morgan fingerprint density at radius 3 is 2.62 bits per heavy atom. The van der Waals surface area contributed by atoms with Crippen molar-refractivity contribution < 1.29 is 4.74 Å². The zero-order chi connectivity index (χ0) is 18.6. The van der Waals surface area contributed by atoms with Crippen LogP contribution in [0.15, 0.2) is 29.1 Å². The number of thiazole rings is 1. The summed E-state index contributed by atoms with van der Waals surface area (Å²) >= 11 is 13.6. The highest BCUT2D eigenvalue weighted by Crippen LogP contribution is 2.32. The van der Waals surface area contributed by atoms with Gasteiger partial charge in [-0.05, 0) is 55.3 Å². The molecule has 0 aliphatic rings. The summed E-state index contributed by atoms with van der Waals surface area (Å²) in [6.07, 6.45) is 1.74. The molecule has 2 aromatic heterocycles.